The Hall–Kier alpha value is -2.50. The molecule has 3 rings (SSSR count). The molecule has 0 aliphatic heterocycles. The lowest BCUT2D eigenvalue weighted by Crippen LogP contribution is -2.19. The number of rotatable bonds is 7. The number of benzene rings is 2. The van der Waals surface area contributed by atoms with Crippen molar-refractivity contribution in [1.82, 2.24) is 9.88 Å². The zero-order valence-corrected chi connectivity index (χ0v) is 24.6. The Bertz CT molecular complexity index is 1010. The zero-order valence-electron chi connectivity index (χ0n) is 23.8. The summed E-state index contributed by atoms with van der Waals surface area (Å²) in [7, 11) is 5.86. The molecule has 1 aromatic heterocycles. The largest absolute Gasteiger partial charge is 0.496 e. The summed E-state index contributed by atoms with van der Waals surface area (Å²) >= 11 is 0. The van der Waals surface area contributed by atoms with Crippen LogP contribution in [0, 0.1) is 0 Å². The maximum absolute atomic E-state index is 5.85. The Balaban J connectivity index is 0.000000983. The average Bonchev–Trinajstić information content (AvgIpc) is 3.27. The predicted octanol–water partition coefficient (Wildman–Crippen LogP) is 7.56. The molecule has 0 saturated carbocycles. The van der Waals surface area contributed by atoms with Gasteiger partial charge in [-0.1, -0.05) is 66.7 Å². The third-order valence-corrected chi connectivity index (χ3v) is 5.71. The molecule has 200 valence electrons. The Kier molecular flexibility index (Phi) is 12.0. The van der Waals surface area contributed by atoms with E-state index in [1.165, 1.54) is 0 Å². The molecule has 5 nitrogen and oxygen atoms in total. The van der Waals surface area contributed by atoms with Crippen molar-refractivity contribution in [2.45, 2.75) is 65.7 Å². The van der Waals surface area contributed by atoms with Crippen molar-refractivity contribution in [2.75, 3.05) is 34.4 Å². The van der Waals surface area contributed by atoms with Crippen LogP contribution in [-0.2, 0) is 17.3 Å². The third-order valence-electron chi connectivity index (χ3n) is 5.71. The van der Waals surface area contributed by atoms with Gasteiger partial charge in [0.1, 0.15) is 17.8 Å². The Morgan fingerprint density at radius 3 is 1.89 bits per heavy atom. The van der Waals surface area contributed by atoms with Crippen LogP contribution < -0.4 is 9.47 Å². The lowest BCUT2D eigenvalue weighted by molar-refractivity contribution is 0.320. The molecule has 0 atom stereocenters. The van der Waals surface area contributed by atoms with Gasteiger partial charge in [-0.15, -0.1) is 12.4 Å². The summed E-state index contributed by atoms with van der Waals surface area (Å²) in [5.41, 5.74) is 4.02. The molecule has 3 aromatic rings. The lowest BCUT2D eigenvalue weighted by atomic mass is 9.78. The van der Waals surface area contributed by atoms with Gasteiger partial charge in [0.05, 0.1) is 19.4 Å². The van der Waals surface area contributed by atoms with Gasteiger partial charge in [-0.2, -0.15) is 0 Å². The van der Waals surface area contributed by atoms with Gasteiger partial charge in [-0.25, -0.2) is 4.98 Å². The van der Waals surface area contributed by atoms with E-state index in [0.29, 0.717) is 18.9 Å². The quantitative estimate of drug-likeness (QED) is 0.324. The molecule has 0 amide bonds. The van der Waals surface area contributed by atoms with Crippen molar-refractivity contribution in [3.8, 4) is 23.0 Å². The number of ether oxygens (including phenoxy) is 2. The van der Waals surface area contributed by atoms with Gasteiger partial charge in [0.25, 0.3) is 0 Å². The van der Waals surface area contributed by atoms with Crippen molar-refractivity contribution >= 4 is 12.4 Å². The van der Waals surface area contributed by atoms with Gasteiger partial charge in [0.2, 0.25) is 5.89 Å². The first-order valence-corrected chi connectivity index (χ1v) is 12.4. The molecule has 0 spiro atoms. The first-order chi connectivity index (χ1) is 16.4. The van der Waals surface area contributed by atoms with Crippen molar-refractivity contribution in [2.24, 2.45) is 0 Å². The Morgan fingerprint density at radius 2 is 1.44 bits per heavy atom. The Labute approximate surface area is 224 Å². The number of oxazole rings is 1. The lowest BCUT2D eigenvalue weighted by Gasteiger charge is -2.29. The minimum Gasteiger partial charge on any atom is -0.496 e. The SMILES string of the molecule is CCN(C)C.COc1c(C(C)(C)C)cc(-c2nc(CCOc3ccccc3)co2)cc1C(C)(C)C.Cl. The van der Waals surface area contributed by atoms with Crippen LogP contribution in [0.4, 0.5) is 0 Å². The second-order valence-electron chi connectivity index (χ2n) is 11.1. The highest BCUT2D eigenvalue weighted by atomic mass is 35.5. The summed E-state index contributed by atoms with van der Waals surface area (Å²) in [6, 6.07) is 14.1. The van der Waals surface area contributed by atoms with E-state index in [4.69, 9.17) is 18.9 Å². The summed E-state index contributed by atoms with van der Waals surface area (Å²) in [5, 5.41) is 0. The van der Waals surface area contributed by atoms with Crippen molar-refractivity contribution < 1.29 is 13.9 Å². The average molecular weight is 517 g/mol. The van der Waals surface area contributed by atoms with Crippen molar-refractivity contribution in [1.29, 1.82) is 0 Å². The van der Waals surface area contributed by atoms with Gasteiger partial charge in [-0.3, -0.25) is 0 Å². The molecule has 0 radical (unpaired) electrons. The van der Waals surface area contributed by atoms with E-state index in [0.717, 1.165) is 40.4 Å². The minimum atomic E-state index is -0.0691. The standard InChI is InChI=1S/C26H33NO3.C4H11N.ClH/c1-25(2,3)21-15-18(16-22(23(21)28-7)26(4,5)6)24-27-19(17-30-24)13-14-29-20-11-9-8-10-12-20;1-4-5(2)3;/h8-12,15-17H,13-14H2,1-7H3;4H2,1-3H3;1H. The van der Waals surface area contributed by atoms with Crippen LogP contribution in [0.3, 0.4) is 0 Å². The summed E-state index contributed by atoms with van der Waals surface area (Å²) in [6.07, 6.45) is 2.41. The maximum Gasteiger partial charge on any atom is 0.226 e. The van der Waals surface area contributed by atoms with E-state index in [9.17, 15) is 0 Å². The molecule has 0 bridgehead atoms. The number of aromatic nitrogens is 1. The molecule has 0 fully saturated rings. The molecule has 0 unspecified atom stereocenters. The van der Waals surface area contributed by atoms with Crippen LogP contribution in [0.5, 0.6) is 11.5 Å². The van der Waals surface area contributed by atoms with E-state index in [1.54, 1.807) is 13.4 Å². The summed E-state index contributed by atoms with van der Waals surface area (Å²) in [4.78, 5) is 6.85. The van der Waals surface area contributed by atoms with E-state index in [1.807, 2.05) is 30.3 Å². The fourth-order valence-corrected chi connectivity index (χ4v) is 3.43. The van der Waals surface area contributed by atoms with Crippen LogP contribution in [-0.4, -0.2) is 44.2 Å². The number of para-hydroxylation sites is 1. The number of hydrogen-bond donors (Lipinski definition) is 0. The second kappa shape index (κ2) is 13.7. The smallest absolute Gasteiger partial charge is 0.226 e. The van der Waals surface area contributed by atoms with E-state index in [-0.39, 0.29) is 23.2 Å². The summed E-state index contributed by atoms with van der Waals surface area (Å²) < 4.78 is 17.5. The molecule has 6 heteroatoms. The second-order valence-corrected chi connectivity index (χ2v) is 11.1. The van der Waals surface area contributed by atoms with Gasteiger partial charge in [0, 0.05) is 23.1 Å². The molecule has 0 aliphatic rings. The maximum atomic E-state index is 5.85. The Morgan fingerprint density at radius 1 is 0.917 bits per heavy atom. The van der Waals surface area contributed by atoms with Crippen LogP contribution in [0.2, 0.25) is 0 Å². The minimum absolute atomic E-state index is 0. The van der Waals surface area contributed by atoms with E-state index < -0.39 is 0 Å². The number of nitrogens with zero attached hydrogens (tertiary/aromatic N) is 2. The fraction of sp³-hybridized carbons (Fsp3) is 0.500. The van der Waals surface area contributed by atoms with Crippen LogP contribution in [0.1, 0.15) is 65.3 Å². The van der Waals surface area contributed by atoms with Crippen molar-refractivity contribution in [3.05, 3.63) is 65.5 Å². The molecular formula is C30H45ClN2O3. The molecule has 0 saturated heterocycles. The van der Waals surface area contributed by atoms with E-state index in [2.05, 4.69) is 79.6 Å². The van der Waals surface area contributed by atoms with Gasteiger partial charge in [-0.05, 0) is 55.7 Å². The number of methoxy groups -OCH3 is 1. The fourth-order valence-electron chi connectivity index (χ4n) is 3.43. The predicted molar refractivity (Wildman–Crippen MR) is 153 cm³/mol. The first-order valence-electron chi connectivity index (χ1n) is 12.4. The third kappa shape index (κ3) is 9.18. The highest BCUT2D eigenvalue weighted by Gasteiger charge is 2.28. The number of hydrogen-bond acceptors (Lipinski definition) is 5. The molecule has 2 aromatic carbocycles. The zero-order chi connectivity index (χ0) is 26.2. The molecule has 0 aliphatic carbocycles. The topological polar surface area (TPSA) is 47.7 Å². The first kappa shape index (κ1) is 31.5. The monoisotopic (exact) mass is 516 g/mol. The number of halogens is 1. The van der Waals surface area contributed by atoms with Crippen LogP contribution in [0.25, 0.3) is 11.5 Å². The highest BCUT2D eigenvalue weighted by Crippen LogP contribution is 2.42. The summed E-state index contributed by atoms with van der Waals surface area (Å²) in [6.45, 7) is 17.0. The van der Waals surface area contributed by atoms with Gasteiger partial charge >= 0.3 is 0 Å². The van der Waals surface area contributed by atoms with Crippen LogP contribution in [0.15, 0.2) is 53.1 Å². The molecule has 36 heavy (non-hydrogen) atoms. The van der Waals surface area contributed by atoms with Crippen molar-refractivity contribution in [3.63, 3.8) is 0 Å². The molecule has 0 N–H and O–H groups in total. The van der Waals surface area contributed by atoms with Gasteiger partial charge in [0.15, 0.2) is 0 Å². The van der Waals surface area contributed by atoms with E-state index >= 15 is 0 Å². The normalized spacial score (nSPS) is 11.4. The highest BCUT2D eigenvalue weighted by molar-refractivity contribution is 5.85. The molecular weight excluding hydrogens is 472 g/mol. The summed E-state index contributed by atoms with van der Waals surface area (Å²) in [5.74, 6) is 2.44. The van der Waals surface area contributed by atoms with Crippen LogP contribution >= 0.6 is 12.4 Å². The molecule has 1 heterocycles. The van der Waals surface area contributed by atoms with Gasteiger partial charge < -0.3 is 18.8 Å².